The van der Waals surface area contributed by atoms with Gasteiger partial charge in [0, 0.05) is 22.3 Å². The molecule has 0 aliphatic rings. The number of hydrogen-bond acceptors (Lipinski definition) is 3. The zero-order valence-corrected chi connectivity index (χ0v) is 16.8. The molecule has 0 unspecified atom stereocenters. The topological polar surface area (TPSA) is 42.9 Å². The van der Waals surface area contributed by atoms with Gasteiger partial charge in [0.25, 0.3) is 0 Å². The average molecular weight is 422 g/mol. The van der Waals surface area contributed by atoms with E-state index in [1.54, 1.807) is 54.6 Å². The van der Waals surface area contributed by atoms with Crippen LogP contribution in [0.1, 0.15) is 15.9 Å². The number of aromatic nitrogens is 2. The predicted molar refractivity (Wildman–Crippen MR) is 120 cm³/mol. The molecule has 1 heterocycles. The van der Waals surface area contributed by atoms with E-state index in [0.29, 0.717) is 44.7 Å². The molecule has 0 radical (unpaired) electrons. The third kappa shape index (κ3) is 3.76. The van der Waals surface area contributed by atoms with Crippen molar-refractivity contribution in [1.29, 1.82) is 0 Å². The van der Waals surface area contributed by atoms with E-state index in [0.717, 1.165) is 0 Å². The van der Waals surface area contributed by atoms with Crippen molar-refractivity contribution in [3.8, 4) is 22.5 Å². The minimum atomic E-state index is -0.360. The Morgan fingerprint density at radius 2 is 1.09 bits per heavy atom. The molecule has 0 spiro atoms. The molecule has 154 valence electrons. The van der Waals surface area contributed by atoms with E-state index in [1.165, 1.54) is 24.3 Å². The van der Waals surface area contributed by atoms with Gasteiger partial charge in [-0.15, -0.1) is 0 Å². The van der Waals surface area contributed by atoms with Crippen LogP contribution in [0.3, 0.4) is 0 Å². The van der Waals surface area contributed by atoms with E-state index in [1.807, 2.05) is 18.2 Å². The van der Waals surface area contributed by atoms with Crippen molar-refractivity contribution < 1.29 is 13.6 Å². The molecule has 0 fully saturated rings. The molecule has 3 nitrogen and oxygen atoms in total. The Bertz CT molecular complexity index is 1430. The summed E-state index contributed by atoms with van der Waals surface area (Å²) in [7, 11) is 0. The second kappa shape index (κ2) is 8.12. The van der Waals surface area contributed by atoms with Gasteiger partial charge < -0.3 is 0 Å². The molecule has 0 aliphatic heterocycles. The molecule has 0 aliphatic carbocycles. The Kier molecular flexibility index (Phi) is 5.00. The summed E-state index contributed by atoms with van der Waals surface area (Å²) < 4.78 is 27.0. The number of halogens is 2. The van der Waals surface area contributed by atoms with Crippen molar-refractivity contribution in [2.45, 2.75) is 0 Å². The minimum absolute atomic E-state index is 0.111. The highest BCUT2D eigenvalue weighted by molar-refractivity contribution is 6.10. The van der Waals surface area contributed by atoms with Crippen molar-refractivity contribution >= 4 is 16.8 Å². The first kappa shape index (κ1) is 19.7. The third-order valence-corrected chi connectivity index (χ3v) is 5.20. The van der Waals surface area contributed by atoms with Gasteiger partial charge in [0.15, 0.2) is 5.78 Å². The van der Waals surface area contributed by atoms with E-state index in [4.69, 9.17) is 9.97 Å². The van der Waals surface area contributed by atoms with Crippen LogP contribution >= 0.6 is 0 Å². The summed E-state index contributed by atoms with van der Waals surface area (Å²) in [6, 6.07) is 26.1. The monoisotopic (exact) mass is 422 g/mol. The summed E-state index contributed by atoms with van der Waals surface area (Å²) >= 11 is 0. The Morgan fingerprint density at radius 3 is 1.66 bits per heavy atom. The molecular formula is C27H16F2N2O. The molecule has 0 atom stereocenters. The van der Waals surface area contributed by atoms with Gasteiger partial charge in [-0.3, -0.25) is 4.79 Å². The molecule has 1 aromatic heterocycles. The summed E-state index contributed by atoms with van der Waals surface area (Å²) in [5.41, 5.74) is 4.64. The van der Waals surface area contributed by atoms with Crippen LogP contribution in [-0.4, -0.2) is 15.8 Å². The van der Waals surface area contributed by atoms with Crippen LogP contribution in [0.4, 0.5) is 8.78 Å². The normalized spacial score (nSPS) is 10.9. The van der Waals surface area contributed by atoms with Gasteiger partial charge in [-0.2, -0.15) is 0 Å². The quantitative estimate of drug-likeness (QED) is 0.312. The highest BCUT2D eigenvalue weighted by Gasteiger charge is 2.16. The number of carbonyl (C=O) groups is 1. The fourth-order valence-electron chi connectivity index (χ4n) is 3.57. The molecule has 4 aromatic carbocycles. The SMILES string of the molecule is O=C(c1ccccc1)c1ccc2nc(-c3ccc(F)cc3)c(-c3ccc(F)cc3)nc2c1. The zero-order chi connectivity index (χ0) is 22.1. The molecule has 0 N–H and O–H groups in total. The first-order chi connectivity index (χ1) is 15.6. The van der Waals surface area contributed by atoms with E-state index in [-0.39, 0.29) is 17.4 Å². The summed E-state index contributed by atoms with van der Waals surface area (Å²) in [5, 5.41) is 0. The van der Waals surface area contributed by atoms with Gasteiger partial charge in [-0.1, -0.05) is 30.3 Å². The second-order valence-electron chi connectivity index (χ2n) is 7.33. The van der Waals surface area contributed by atoms with Crippen LogP contribution in [0.2, 0.25) is 0 Å². The molecule has 0 bridgehead atoms. The molecule has 0 amide bonds. The smallest absolute Gasteiger partial charge is 0.193 e. The number of fused-ring (bicyclic) bond motifs is 1. The van der Waals surface area contributed by atoms with Crippen molar-refractivity contribution in [2.24, 2.45) is 0 Å². The molecular weight excluding hydrogens is 406 g/mol. The van der Waals surface area contributed by atoms with Crippen molar-refractivity contribution in [3.05, 3.63) is 120 Å². The minimum Gasteiger partial charge on any atom is -0.289 e. The number of ketones is 1. The fourth-order valence-corrected chi connectivity index (χ4v) is 3.57. The van der Waals surface area contributed by atoms with Gasteiger partial charge in [0.1, 0.15) is 11.6 Å². The van der Waals surface area contributed by atoms with Crippen LogP contribution in [0.25, 0.3) is 33.5 Å². The number of nitrogens with zero attached hydrogens (tertiary/aromatic N) is 2. The standard InChI is InChI=1S/C27H16F2N2O/c28-21-11-6-17(7-12-21)25-26(18-8-13-22(29)14-9-18)31-24-16-20(10-15-23(24)30-25)27(32)19-4-2-1-3-5-19/h1-16H. The van der Waals surface area contributed by atoms with Gasteiger partial charge in [0.05, 0.1) is 22.4 Å². The molecule has 5 aromatic rings. The van der Waals surface area contributed by atoms with Crippen LogP contribution < -0.4 is 0 Å². The lowest BCUT2D eigenvalue weighted by Gasteiger charge is -2.11. The predicted octanol–water partition coefficient (Wildman–Crippen LogP) is 6.47. The molecule has 32 heavy (non-hydrogen) atoms. The van der Waals surface area contributed by atoms with Gasteiger partial charge in [-0.25, -0.2) is 18.7 Å². The Hall–Kier alpha value is -4.25. The van der Waals surface area contributed by atoms with E-state index < -0.39 is 0 Å². The lowest BCUT2D eigenvalue weighted by atomic mass is 10.0. The van der Waals surface area contributed by atoms with E-state index in [9.17, 15) is 13.6 Å². The van der Waals surface area contributed by atoms with Crippen LogP contribution in [0.5, 0.6) is 0 Å². The largest absolute Gasteiger partial charge is 0.289 e. The molecule has 5 heteroatoms. The number of rotatable bonds is 4. The summed E-state index contributed by atoms with van der Waals surface area (Å²) in [6.07, 6.45) is 0. The fraction of sp³-hybridized carbons (Fsp3) is 0. The van der Waals surface area contributed by atoms with Gasteiger partial charge in [-0.05, 0) is 66.7 Å². The Morgan fingerprint density at radius 1 is 0.562 bits per heavy atom. The van der Waals surface area contributed by atoms with Crippen LogP contribution in [-0.2, 0) is 0 Å². The maximum absolute atomic E-state index is 13.5. The Labute approximate surface area is 183 Å². The van der Waals surface area contributed by atoms with Crippen molar-refractivity contribution in [3.63, 3.8) is 0 Å². The van der Waals surface area contributed by atoms with Crippen LogP contribution in [0.15, 0.2) is 97.1 Å². The van der Waals surface area contributed by atoms with E-state index in [2.05, 4.69) is 0 Å². The van der Waals surface area contributed by atoms with Gasteiger partial charge >= 0.3 is 0 Å². The third-order valence-electron chi connectivity index (χ3n) is 5.20. The maximum Gasteiger partial charge on any atom is 0.193 e. The summed E-state index contributed by atoms with van der Waals surface area (Å²) in [4.78, 5) is 22.4. The second-order valence-corrected chi connectivity index (χ2v) is 7.33. The van der Waals surface area contributed by atoms with Crippen molar-refractivity contribution in [2.75, 3.05) is 0 Å². The average Bonchev–Trinajstić information content (AvgIpc) is 2.84. The highest BCUT2D eigenvalue weighted by Crippen LogP contribution is 2.31. The zero-order valence-electron chi connectivity index (χ0n) is 16.8. The molecule has 5 rings (SSSR count). The summed E-state index contributed by atoms with van der Waals surface area (Å²) in [5.74, 6) is -0.822. The van der Waals surface area contributed by atoms with Gasteiger partial charge in [0.2, 0.25) is 0 Å². The highest BCUT2D eigenvalue weighted by atomic mass is 19.1. The first-order valence-corrected chi connectivity index (χ1v) is 10.0. The molecule has 0 saturated heterocycles. The number of hydrogen-bond donors (Lipinski definition) is 0. The van der Waals surface area contributed by atoms with Crippen LogP contribution in [0, 0.1) is 11.6 Å². The summed E-state index contributed by atoms with van der Waals surface area (Å²) in [6.45, 7) is 0. The van der Waals surface area contributed by atoms with Crippen molar-refractivity contribution in [1.82, 2.24) is 9.97 Å². The first-order valence-electron chi connectivity index (χ1n) is 10.0. The lowest BCUT2D eigenvalue weighted by molar-refractivity contribution is 0.103. The maximum atomic E-state index is 13.5. The lowest BCUT2D eigenvalue weighted by Crippen LogP contribution is -2.02. The molecule has 0 saturated carbocycles. The Balaban J connectivity index is 1.69. The number of carbonyl (C=O) groups excluding carboxylic acids is 1. The number of benzene rings is 4. The van der Waals surface area contributed by atoms with E-state index >= 15 is 0 Å².